The Balaban J connectivity index is 1.45. The number of thioether (sulfide) groups is 1. The fourth-order valence-electron chi connectivity index (χ4n) is 2.26. The minimum atomic E-state index is -0.375. The van der Waals surface area contributed by atoms with E-state index in [2.05, 4.69) is 20.5 Å². The van der Waals surface area contributed by atoms with E-state index >= 15 is 0 Å². The number of hydrogen-bond donors (Lipinski definition) is 2. The molecule has 1 amide bonds. The SMILES string of the molecule is O=C(CSc1n[nH]c(-c2ccccc2F)n1)NCCc1ccc(Cl)cc1. The van der Waals surface area contributed by atoms with Crippen LogP contribution in [0, 0.1) is 5.82 Å². The lowest BCUT2D eigenvalue weighted by Crippen LogP contribution is -2.27. The predicted molar refractivity (Wildman–Crippen MR) is 101 cm³/mol. The summed E-state index contributed by atoms with van der Waals surface area (Å²) in [6.45, 7) is 0.537. The Morgan fingerprint density at radius 3 is 2.73 bits per heavy atom. The molecule has 1 heterocycles. The highest BCUT2D eigenvalue weighted by atomic mass is 35.5. The number of amides is 1. The van der Waals surface area contributed by atoms with Crippen molar-refractivity contribution in [3.8, 4) is 11.4 Å². The number of aromatic amines is 1. The van der Waals surface area contributed by atoms with Gasteiger partial charge in [-0.05, 0) is 36.2 Å². The van der Waals surface area contributed by atoms with Gasteiger partial charge in [-0.15, -0.1) is 5.10 Å². The number of aromatic nitrogens is 3. The van der Waals surface area contributed by atoms with Gasteiger partial charge < -0.3 is 5.32 Å². The van der Waals surface area contributed by atoms with Crippen molar-refractivity contribution in [3.63, 3.8) is 0 Å². The van der Waals surface area contributed by atoms with Crippen molar-refractivity contribution in [3.05, 3.63) is 64.9 Å². The smallest absolute Gasteiger partial charge is 0.230 e. The maximum atomic E-state index is 13.7. The highest BCUT2D eigenvalue weighted by Crippen LogP contribution is 2.21. The summed E-state index contributed by atoms with van der Waals surface area (Å²) in [7, 11) is 0. The van der Waals surface area contributed by atoms with Gasteiger partial charge >= 0.3 is 0 Å². The Bertz CT molecular complexity index is 885. The van der Waals surface area contributed by atoms with Crippen LogP contribution in [0.4, 0.5) is 4.39 Å². The lowest BCUT2D eigenvalue weighted by molar-refractivity contribution is -0.118. The fraction of sp³-hybridized carbons (Fsp3) is 0.167. The van der Waals surface area contributed by atoms with Crippen LogP contribution in [0.1, 0.15) is 5.56 Å². The van der Waals surface area contributed by atoms with Crippen molar-refractivity contribution in [2.45, 2.75) is 11.6 Å². The number of hydrogen-bond acceptors (Lipinski definition) is 4. The molecule has 3 aromatic rings. The van der Waals surface area contributed by atoms with Gasteiger partial charge in [0.1, 0.15) is 5.82 Å². The first kappa shape index (κ1) is 18.4. The molecule has 0 aliphatic rings. The lowest BCUT2D eigenvalue weighted by Gasteiger charge is -2.04. The number of halogens is 2. The van der Waals surface area contributed by atoms with Crippen molar-refractivity contribution in [1.82, 2.24) is 20.5 Å². The van der Waals surface area contributed by atoms with Crippen molar-refractivity contribution in [2.75, 3.05) is 12.3 Å². The summed E-state index contributed by atoms with van der Waals surface area (Å²) in [4.78, 5) is 16.1. The molecule has 0 saturated heterocycles. The quantitative estimate of drug-likeness (QED) is 0.603. The van der Waals surface area contributed by atoms with E-state index < -0.39 is 0 Å². The molecule has 0 aliphatic carbocycles. The first-order chi connectivity index (χ1) is 12.6. The highest BCUT2D eigenvalue weighted by Gasteiger charge is 2.11. The van der Waals surface area contributed by atoms with Gasteiger partial charge in [0.15, 0.2) is 5.82 Å². The van der Waals surface area contributed by atoms with Crippen LogP contribution >= 0.6 is 23.4 Å². The van der Waals surface area contributed by atoms with Crippen molar-refractivity contribution >= 4 is 29.3 Å². The van der Waals surface area contributed by atoms with Gasteiger partial charge in [0.2, 0.25) is 11.1 Å². The van der Waals surface area contributed by atoms with Crippen LogP contribution in [-0.2, 0) is 11.2 Å². The zero-order chi connectivity index (χ0) is 18.4. The molecular weight excluding hydrogens is 375 g/mol. The Morgan fingerprint density at radius 2 is 1.96 bits per heavy atom. The Labute approximate surface area is 159 Å². The second kappa shape index (κ2) is 8.82. The van der Waals surface area contributed by atoms with Crippen LogP contribution < -0.4 is 5.32 Å². The second-order valence-electron chi connectivity index (χ2n) is 5.46. The molecule has 0 atom stereocenters. The van der Waals surface area contributed by atoms with Gasteiger partial charge in [-0.2, -0.15) is 0 Å². The molecule has 3 rings (SSSR count). The minimum absolute atomic E-state index is 0.110. The minimum Gasteiger partial charge on any atom is -0.355 e. The topological polar surface area (TPSA) is 70.7 Å². The number of benzene rings is 2. The largest absolute Gasteiger partial charge is 0.355 e. The summed E-state index contributed by atoms with van der Waals surface area (Å²) < 4.78 is 13.7. The maximum Gasteiger partial charge on any atom is 0.230 e. The number of rotatable bonds is 7. The second-order valence-corrected chi connectivity index (χ2v) is 6.84. The van der Waals surface area contributed by atoms with Gasteiger partial charge in [0.05, 0.1) is 11.3 Å². The number of nitrogens with zero attached hydrogens (tertiary/aromatic N) is 2. The molecule has 1 aromatic heterocycles. The van der Waals surface area contributed by atoms with Crippen LogP contribution in [0.3, 0.4) is 0 Å². The van der Waals surface area contributed by atoms with E-state index in [1.165, 1.54) is 17.8 Å². The first-order valence-corrected chi connectivity index (χ1v) is 9.29. The zero-order valence-electron chi connectivity index (χ0n) is 13.7. The average Bonchev–Trinajstić information content (AvgIpc) is 3.11. The Morgan fingerprint density at radius 1 is 1.19 bits per heavy atom. The average molecular weight is 391 g/mol. The molecule has 0 aliphatic heterocycles. The summed E-state index contributed by atoms with van der Waals surface area (Å²) in [5, 5.41) is 10.6. The molecule has 0 spiro atoms. The van der Waals surface area contributed by atoms with Gasteiger partial charge in [-0.3, -0.25) is 9.89 Å². The van der Waals surface area contributed by atoms with Crippen LogP contribution in [-0.4, -0.2) is 33.4 Å². The zero-order valence-corrected chi connectivity index (χ0v) is 15.3. The Hall–Kier alpha value is -2.38. The lowest BCUT2D eigenvalue weighted by atomic mass is 10.1. The molecule has 0 fully saturated rings. The van der Waals surface area contributed by atoms with E-state index in [0.717, 1.165) is 12.0 Å². The number of nitrogens with one attached hydrogen (secondary N) is 2. The normalized spacial score (nSPS) is 10.7. The van der Waals surface area contributed by atoms with Crippen molar-refractivity contribution in [2.24, 2.45) is 0 Å². The molecule has 0 radical (unpaired) electrons. The highest BCUT2D eigenvalue weighted by molar-refractivity contribution is 7.99. The summed E-state index contributed by atoms with van der Waals surface area (Å²) in [6.07, 6.45) is 0.728. The first-order valence-electron chi connectivity index (χ1n) is 7.93. The third kappa shape index (κ3) is 5.06. The van der Waals surface area contributed by atoms with Crippen molar-refractivity contribution < 1.29 is 9.18 Å². The number of carbonyl (C=O) groups is 1. The molecule has 26 heavy (non-hydrogen) atoms. The van der Waals surface area contributed by atoms with E-state index in [1.807, 2.05) is 24.3 Å². The van der Waals surface area contributed by atoms with E-state index in [-0.39, 0.29) is 17.5 Å². The van der Waals surface area contributed by atoms with E-state index in [0.29, 0.717) is 28.1 Å². The van der Waals surface area contributed by atoms with Gasteiger partial charge in [-0.1, -0.05) is 47.6 Å². The van der Waals surface area contributed by atoms with Crippen LogP contribution in [0.25, 0.3) is 11.4 Å². The molecular formula is C18H16ClFN4OS. The van der Waals surface area contributed by atoms with Crippen LogP contribution in [0.15, 0.2) is 53.7 Å². The molecule has 8 heteroatoms. The van der Waals surface area contributed by atoms with E-state index in [1.54, 1.807) is 18.2 Å². The molecule has 134 valence electrons. The van der Waals surface area contributed by atoms with Crippen LogP contribution in [0.5, 0.6) is 0 Å². The summed E-state index contributed by atoms with van der Waals surface area (Å²) in [6, 6.07) is 13.8. The standard InChI is InChI=1S/C18H16ClFN4OS/c19-13-7-5-12(6-8-13)9-10-21-16(25)11-26-18-22-17(23-24-18)14-3-1-2-4-15(14)20/h1-8H,9-11H2,(H,21,25)(H,22,23,24). The summed E-state index contributed by atoms with van der Waals surface area (Å²) >= 11 is 7.03. The van der Waals surface area contributed by atoms with Crippen molar-refractivity contribution in [1.29, 1.82) is 0 Å². The summed E-state index contributed by atoms with van der Waals surface area (Å²) in [5.41, 5.74) is 1.45. The third-order valence-electron chi connectivity index (χ3n) is 3.58. The number of H-pyrrole nitrogens is 1. The molecule has 2 N–H and O–H groups in total. The predicted octanol–water partition coefficient (Wildman–Crippen LogP) is 3.72. The third-order valence-corrected chi connectivity index (χ3v) is 4.67. The van der Waals surface area contributed by atoms with Gasteiger partial charge in [0, 0.05) is 11.6 Å². The maximum absolute atomic E-state index is 13.7. The Kier molecular flexibility index (Phi) is 6.25. The fourth-order valence-corrected chi connectivity index (χ4v) is 3.02. The molecule has 0 unspecified atom stereocenters. The van der Waals surface area contributed by atoms with Gasteiger partial charge in [-0.25, -0.2) is 9.37 Å². The van der Waals surface area contributed by atoms with E-state index in [4.69, 9.17) is 11.6 Å². The van der Waals surface area contributed by atoms with E-state index in [9.17, 15) is 9.18 Å². The molecule has 2 aromatic carbocycles. The molecule has 5 nitrogen and oxygen atoms in total. The van der Waals surface area contributed by atoms with Crippen LogP contribution in [0.2, 0.25) is 5.02 Å². The molecule has 0 bridgehead atoms. The molecule has 0 saturated carbocycles. The van der Waals surface area contributed by atoms with Gasteiger partial charge in [0.25, 0.3) is 0 Å². The summed E-state index contributed by atoms with van der Waals surface area (Å²) in [5.74, 6) is 0.0462. The monoisotopic (exact) mass is 390 g/mol. The number of carbonyl (C=O) groups excluding carboxylic acids is 1.